The largest absolute Gasteiger partial charge is 0.573 e. The molecule has 0 fully saturated rings. The minimum absolute atomic E-state index is 0.572. The van der Waals surface area contributed by atoms with Crippen molar-refractivity contribution in [3.63, 3.8) is 0 Å². The molecule has 0 aliphatic heterocycles. The number of nitrogens with two attached hydrogens (primary N) is 1. The summed E-state index contributed by atoms with van der Waals surface area (Å²) in [5.74, 6) is -1.76. The lowest BCUT2D eigenvalue weighted by molar-refractivity contribution is -0.274. The van der Waals surface area contributed by atoms with E-state index in [0.717, 1.165) is 6.07 Å². The third-order valence-corrected chi connectivity index (χ3v) is 1.60. The van der Waals surface area contributed by atoms with Crippen LogP contribution in [0.1, 0.15) is 5.56 Å². The number of aliphatic hydroxyl groups is 1. The first-order valence-electron chi connectivity index (χ1n) is 3.95. The molecule has 3 N–H and O–H groups in total. The highest BCUT2D eigenvalue weighted by Crippen LogP contribution is 2.27. The van der Waals surface area contributed by atoms with Crippen LogP contribution in [0.5, 0.6) is 5.75 Å². The summed E-state index contributed by atoms with van der Waals surface area (Å²) < 4.78 is 52.0. The van der Waals surface area contributed by atoms with Gasteiger partial charge in [-0.2, -0.15) is 0 Å². The van der Waals surface area contributed by atoms with Crippen LogP contribution in [-0.4, -0.2) is 19.3 Å². The van der Waals surface area contributed by atoms with E-state index in [-0.39, 0.29) is 0 Å². The molecule has 0 aromatic heterocycles. The highest BCUT2D eigenvalue weighted by molar-refractivity contribution is 6.14. The SMILES string of the molecule is [B]C(N)(O)c1cc(OC(F)(F)F)ccc1F. The highest BCUT2D eigenvalue weighted by atomic mass is 19.4. The van der Waals surface area contributed by atoms with Crippen LogP contribution in [0.2, 0.25) is 0 Å². The molecule has 1 atom stereocenters. The van der Waals surface area contributed by atoms with Gasteiger partial charge in [-0.25, -0.2) is 4.39 Å². The second kappa shape index (κ2) is 3.95. The van der Waals surface area contributed by atoms with E-state index in [2.05, 4.69) is 4.74 Å². The summed E-state index contributed by atoms with van der Waals surface area (Å²) in [5, 5.41) is 9.07. The zero-order chi connectivity index (χ0) is 12.6. The van der Waals surface area contributed by atoms with Crippen LogP contribution in [0, 0.1) is 5.82 Å². The summed E-state index contributed by atoms with van der Waals surface area (Å²) in [6.07, 6.45) is -4.92. The van der Waals surface area contributed by atoms with Crippen molar-refractivity contribution in [3.05, 3.63) is 29.6 Å². The number of rotatable bonds is 2. The summed E-state index contributed by atoms with van der Waals surface area (Å²) in [6.45, 7) is 0. The third kappa shape index (κ3) is 3.39. The Hall–Kier alpha value is -1.28. The molecule has 1 rings (SSSR count). The zero-order valence-corrected chi connectivity index (χ0v) is 7.75. The average molecular weight is 235 g/mol. The smallest absolute Gasteiger partial charge is 0.406 e. The predicted molar refractivity (Wildman–Crippen MR) is 46.9 cm³/mol. The molecule has 0 saturated carbocycles. The fraction of sp³-hybridized carbons (Fsp3) is 0.250. The minimum Gasteiger partial charge on any atom is -0.406 e. The van der Waals surface area contributed by atoms with E-state index in [1.807, 2.05) is 0 Å². The molecule has 0 aliphatic carbocycles. The number of alkyl halides is 3. The molecular formula is C8H6BF4NO2. The van der Waals surface area contributed by atoms with Crippen LogP contribution >= 0.6 is 0 Å². The van der Waals surface area contributed by atoms with Crippen LogP contribution in [0.25, 0.3) is 0 Å². The number of halogens is 4. The molecule has 8 heteroatoms. The summed E-state index contributed by atoms with van der Waals surface area (Å²) >= 11 is 0. The zero-order valence-electron chi connectivity index (χ0n) is 7.75. The molecule has 0 saturated heterocycles. The minimum atomic E-state index is -4.92. The lowest BCUT2D eigenvalue weighted by atomic mass is 9.84. The van der Waals surface area contributed by atoms with Gasteiger partial charge in [0.15, 0.2) is 0 Å². The number of hydrogen-bond donors (Lipinski definition) is 2. The summed E-state index contributed by atoms with van der Waals surface area (Å²) in [4.78, 5) is 0. The van der Waals surface area contributed by atoms with Crippen LogP contribution in [0.3, 0.4) is 0 Å². The Morgan fingerprint density at radius 1 is 1.31 bits per heavy atom. The second-order valence-corrected chi connectivity index (χ2v) is 3.01. The molecule has 1 aromatic rings. The van der Waals surface area contributed by atoms with Crippen LogP contribution < -0.4 is 10.5 Å². The molecule has 0 heterocycles. The summed E-state index contributed by atoms with van der Waals surface area (Å²) in [6, 6.07) is 1.96. The van der Waals surface area contributed by atoms with Crippen molar-refractivity contribution in [3.8, 4) is 5.75 Å². The molecule has 0 bridgehead atoms. The molecule has 0 amide bonds. The molecule has 0 aliphatic rings. The standard InChI is InChI=1S/C8H6BF4NO2/c9-7(14,15)5-3-4(1-2-6(5)10)16-8(11,12)13/h1-3,15H,14H2. The molecule has 2 radical (unpaired) electrons. The maximum absolute atomic E-state index is 13.0. The van der Waals surface area contributed by atoms with Crippen LogP contribution in [-0.2, 0) is 5.62 Å². The summed E-state index contributed by atoms with van der Waals surface area (Å²) in [7, 11) is 4.95. The van der Waals surface area contributed by atoms with Crippen LogP contribution in [0.4, 0.5) is 17.6 Å². The maximum atomic E-state index is 13.0. The normalized spacial score (nSPS) is 15.6. The van der Waals surface area contributed by atoms with E-state index in [1.54, 1.807) is 0 Å². The van der Waals surface area contributed by atoms with Gasteiger partial charge in [0.25, 0.3) is 0 Å². The van der Waals surface area contributed by atoms with Crippen molar-refractivity contribution < 1.29 is 27.4 Å². The Labute approximate surface area is 89.2 Å². The van der Waals surface area contributed by atoms with Gasteiger partial charge in [-0.05, 0) is 18.2 Å². The fourth-order valence-electron chi connectivity index (χ4n) is 1.01. The van der Waals surface area contributed by atoms with Gasteiger partial charge in [0, 0.05) is 5.56 Å². The Morgan fingerprint density at radius 3 is 2.31 bits per heavy atom. The van der Waals surface area contributed by atoms with Crippen molar-refractivity contribution in [2.24, 2.45) is 5.73 Å². The number of hydrogen-bond acceptors (Lipinski definition) is 3. The maximum Gasteiger partial charge on any atom is 0.573 e. The van der Waals surface area contributed by atoms with Crippen LogP contribution in [0.15, 0.2) is 18.2 Å². The Balaban J connectivity index is 3.09. The summed E-state index contributed by atoms with van der Waals surface area (Å²) in [5.41, 5.74) is 1.67. The predicted octanol–water partition coefficient (Wildman–Crippen LogP) is 0.954. The van der Waals surface area contributed by atoms with E-state index >= 15 is 0 Å². The van der Waals surface area contributed by atoms with E-state index in [1.165, 1.54) is 0 Å². The Bertz CT molecular complexity index is 389. The van der Waals surface area contributed by atoms with Gasteiger partial charge in [0.2, 0.25) is 0 Å². The Kier molecular flexibility index (Phi) is 3.16. The topological polar surface area (TPSA) is 55.5 Å². The average Bonchev–Trinajstić information content (AvgIpc) is 2.04. The van der Waals surface area contributed by atoms with Gasteiger partial charge in [-0.3, -0.25) is 0 Å². The molecule has 1 aromatic carbocycles. The van der Waals surface area contributed by atoms with E-state index in [4.69, 9.17) is 18.7 Å². The highest BCUT2D eigenvalue weighted by Gasteiger charge is 2.32. The van der Waals surface area contributed by atoms with Crippen molar-refractivity contribution in [1.82, 2.24) is 0 Å². The van der Waals surface area contributed by atoms with Gasteiger partial charge >= 0.3 is 6.36 Å². The Morgan fingerprint density at radius 2 is 1.88 bits per heavy atom. The third-order valence-electron chi connectivity index (χ3n) is 1.60. The quantitative estimate of drug-likeness (QED) is 0.455. The first-order valence-corrected chi connectivity index (χ1v) is 3.95. The lowest BCUT2D eigenvalue weighted by Crippen LogP contribution is -2.37. The van der Waals surface area contributed by atoms with Gasteiger partial charge in [0.1, 0.15) is 19.4 Å². The van der Waals surface area contributed by atoms with E-state index < -0.39 is 29.1 Å². The van der Waals surface area contributed by atoms with E-state index in [0.29, 0.717) is 12.1 Å². The van der Waals surface area contributed by atoms with Crippen molar-refractivity contribution in [2.45, 2.75) is 12.0 Å². The molecule has 16 heavy (non-hydrogen) atoms. The van der Waals surface area contributed by atoms with Gasteiger partial charge < -0.3 is 15.6 Å². The van der Waals surface area contributed by atoms with Gasteiger partial charge in [-0.15, -0.1) is 13.2 Å². The first kappa shape index (κ1) is 12.8. The molecule has 0 spiro atoms. The van der Waals surface area contributed by atoms with E-state index in [9.17, 15) is 17.6 Å². The number of benzene rings is 1. The molecule has 86 valence electrons. The first-order chi connectivity index (χ1) is 7.09. The number of ether oxygens (including phenoxy) is 1. The molecule has 3 nitrogen and oxygen atoms in total. The second-order valence-electron chi connectivity index (χ2n) is 3.01. The monoisotopic (exact) mass is 235 g/mol. The molecular weight excluding hydrogens is 229 g/mol. The van der Waals surface area contributed by atoms with Crippen molar-refractivity contribution >= 4 is 7.85 Å². The van der Waals surface area contributed by atoms with Crippen molar-refractivity contribution in [1.29, 1.82) is 0 Å². The lowest BCUT2D eigenvalue weighted by Gasteiger charge is -2.20. The fourth-order valence-corrected chi connectivity index (χ4v) is 1.01. The van der Waals surface area contributed by atoms with Crippen molar-refractivity contribution in [2.75, 3.05) is 0 Å². The molecule has 1 unspecified atom stereocenters. The van der Waals surface area contributed by atoms with Gasteiger partial charge in [0.05, 0.1) is 5.62 Å². The van der Waals surface area contributed by atoms with Gasteiger partial charge in [-0.1, -0.05) is 0 Å².